The zero-order valence-corrected chi connectivity index (χ0v) is 8.74. The maximum atomic E-state index is 12.8. The van der Waals surface area contributed by atoms with Crippen LogP contribution < -0.4 is 10.5 Å². The number of hydrogen-bond donors (Lipinski definition) is 1. The summed E-state index contributed by atoms with van der Waals surface area (Å²) in [4.78, 5) is 0. The van der Waals surface area contributed by atoms with Gasteiger partial charge in [0.2, 0.25) is 5.88 Å². The fraction of sp³-hybridized carbons (Fsp3) is 0.182. The minimum atomic E-state index is -0.598. The Morgan fingerprint density at radius 2 is 2.31 bits per heavy atom. The molecule has 16 heavy (non-hydrogen) atoms. The molecule has 0 unspecified atom stereocenters. The fourth-order valence-corrected chi connectivity index (χ4v) is 1.56. The number of benzene rings is 1. The summed E-state index contributed by atoms with van der Waals surface area (Å²) >= 11 is 0. The van der Waals surface area contributed by atoms with Gasteiger partial charge < -0.3 is 15.0 Å². The summed E-state index contributed by atoms with van der Waals surface area (Å²) in [5, 5.41) is 3.76. The summed E-state index contributed by atoms with van der Waals surface area (Å²) in [6.45, 7) is -0.598. The molecule has 0 radical (unpaired) electrons. The van der Waals surface area contributed by atoms with E-state index in [-0.39, 0.29) is 5.88 Å². The summed E-state index contributed by atoms with van der Waals surface area (Å²) in [7, 11) is 1.52. The first-order valence-electron chi connectivity index (χ1n) is 4.70. The van der Waals surface area contributed by atoms with Crippen molar-refractivity contribution >= 4 is 5.88 Å². The molecule has 5 heteroatoms. The average molecular weight is 222 g/mol. The first-order chi connectivity index (χ1) is 7.76. The molecule has 0 bridgehead atoms. The molecule has 0 amide bonds. The van der Waals surface area contributed by atoms with E-state index < -0.39 is 6.67 Å². The van der Waals surface area contributed by atoms with Crippen LogP contribution in [0.2, 0.25) is 0 Å². The summed E-state index contributed by atoms with van der Waals surface area (Å²) in [6.07, 6.45) is 0. The van der Waals surface area contributed by atoms with Gasteiger partial charge in [0, 0.05) is 6.07 Å². The van der Waals surface area contributed by atoms with Crippen molar-refractivity contribution in [1.29, 1.82) is 0 Å². The normalized spacial score (nSPS) is 10.4. The van der Waals surface area contributed by atoms with Crippen LogP contribution in [-0.2, 0) is 6.67 Å². The maximum absolute atomic E-state index is 12.8. The van der Waals surface area contributed by atoms with E-state index >= 15 is 0 Å². The molecule has 84 valence electrons. The number of halogens is 1. The molecular weight excluding hydrogens is 211 g/mol. The van der Waals surface area contributed by atoms with Crippen LogP contribution in [0.5, 0.6) is 5.75 Å². The predicted molar refractivity (Wildman–Crippen MR) is 57.7 cm³/mol. The van der Waals surface area contributed by atoms with Crippen LogP contribution in [0.4, 0.5) is 10.3 Å². The quantitative estimate of drug-likeness (QED) is 0.866. The Hall–Kier alpha value is -2.04. The SMILES string of the molecule is COc1cccc(CF)c1-c1cc(N)on1. The van der Waals surface area contributed by atoms with Gasteiger partial charge in [-0.15, -0.1) is 0 Å². The van der Waals surface area contributed by atoms with Crippen molar-refractivity contribution < 1.29 is 13.7 Å². The minimum Gasteiger partial charge on any atom is -0.496 e. The Labute approximate surface area is 91.8 Å². The van der Waals surface area contributed by atoms with E-state index in [4.69, 9.17) is 15.0 Å². The van der Waals surface area contributed by atoms with E-state index in [0.717, 1.165) is 0 Å². The van der Waals surface area contributed by atoms with E-state index in [0.29, 0.717) is 22.6 Å². The number of nitrogen functional groups attached to an aromatic ring is 1. The third-order valence-electron chi connectivity index (χ3n) is 2.26. The van der Waals surface area contributed by atoms with E-state index in [1.54, 1.807) is 18.2 Å². The molecule has 0 aliphatic carbocycles. The molecule has 1 heterocycles. The van der Waals surface area contributed by atoms with Crippen LogP contribution in [0.1, 0.15) is 5.56 Å². The molecule has 0 atom stereocenters. The van der Waals surface area contributed by atoms with E-state index in [2.05, 4.69) is 5.16 Å². The lowest BCUT2D eigenvalue weighted by Crippen LogP contribution is -1.93. The Kier molecular flexibility index (Phi) is 2.76. The van der Waals surface area contributed by atoms with Gasteiger partial charge in [-0.25, -0.2) is 4.39 Å². The molecule has 0 aliphatic heterocycles. The van der Waals surface area contributed by atoms with E-state index in [9.17, 15) is 4.39 Å². The number of methoxy groups -OCH3 is 1. The number of hydrogen-bond acceptors (Lipinski definition) is 4. The second kappa shape index (κ2) is 4.22. The molecule has 0 fully saturated rings. The van der Waals surface area contributed by atoms with Crippen molar-refractivity contribution in [2.75, 3.05) is 12.8 Å². The van der Waals surface area contributed by atoms with Crippen molar-refractivity contribution in [1.82, 2.24) is 5.16 Å². The third-order valence-corrected chi connectivity index (χ3v) is 2.26. The second-order valence-electron chi connectivity index (χ2n) is 3.24. The van der Waals surface area contributed by atoms with Gasteiger partial charge in [0.25, 0.3) is 0 Å². The Balaban J connectivity index is 2.60. The second-order valence-corrected chi connectivity index (χ2v) is 3.24. The molecule has 0 aliphatic rings. The van der Waals surface area contributed by atoms with Crippen LogP contribution in [0.25, 0.3) is 11.3 Å². The first kappa shape index (κ1) is 10.5. The standard InChI is InChI=1S/C11H11FN2O2/c1-15-9-4-2-3-7(6-12)11(9)8-5-10(13)16-14-8/h2-5H,6,13H2,1H3. The van der Waals surface area contributed by atoms with Crippen LogP contribution in [0.15, 0.2) is 28.8 Å². The van der Waals surface area contributed by atoms with Gasteiger partial charge in [-0.05, 0) is 11.6 Å². The summed E-state index contributed by atoms with van der Waals surface area (Å²) in [6, 6.07) is 6.67. The van der Waals surface area contributed by atoms with Crippen molar-refractivity contribution in [3.8, 4) is 17.0 Å². The largest absolute Gasteiger partial charge is 0.496 e. The Morgan fingerprint density at radius 1 is 1.50 bits per heavy atom. The molecule has 0 spiro atoms. The number of rotatable bonds is 3. The van der Waals surface area contributed by atoms with Gasteiger partial charge in [0.05, 0.1) is 12.7 Å². The number of nitrogens with two attached hydrogens (primary N) is 1. The lowest BCUT2D eigenvalue weighted by molar-refractivity contribution is 0.411. The molecule has 2 aromatic rings. The van der Waals surface area contributed by atoms with Gasteiger partial charge in [-0.1, -0.05) is 17.3 Å². The number of ether oxygens (including phenoxy) is 1. The van der Waals surface area contributed by atoms with Gasteiger partial charge in [-0.2, -0.15) is 0 Å². The molecule has 1 aromatic heterocycles. The van der Waals surface area contributed by atoms with Crippen molar-refractivity contribution in [3.05, 3.63) is 29.8 Å². The molecule has 0 saturated carbocycles. The zero-order chi connectivity index (χ0) is 11.5. The highest BCUT2D eigenvalue weighted by molar-refractivity contribution is 5.72. The lowest BCUT2D eigenvalue weighted by Gasteiger charge is -2.08. The van der Waals surface area contributed by atoms with Gasteiger partial charge in [-0.3, -0.25) is 0 Å². The van der Waals surface area contributed by atoms with Crippen molar-refractivity contribution in [2.24, 2.45) is 0 Å². The molecule has 2 N–H and O–H groups in total. The van der Waals surface area contributed by atoms with Gasteiger partial charge >= 0.3 is 0 Å². The highest BCUT2D eigenvalue weighted by atomic mass is 19.1. The minimum absolute atomic E-state index is 0.186. The third kappa shape index (κ3) is 1.71. The van der Waals surface area contributed by atoms with Crippen LogP contribution in [0.3, 0.4) is 0 Å². The zero-order valence-electron chi connectivity index (χ0n) is 8.74. The molecule has 0 saturated heterocycles. The Morgan fingerprint density at radius 3 is 2.88 bits per heavy atom. The Bertz CT molecular complexity index is 474. The molecule has 4 nitrogen and oxygen atoms in total. The van der Waals surface area contributed by atoms with Crippen LogP contribution in [0, 0.1) is 0 Å². The molecular formula is C11H11FN2O2. The summed E-state index contributed by atoms with van der Waals surface area (Å²) in [5.74, 6) is 0.731. The topological polar surface area (TPSA) is 61.3 Å². The van der Waals surface area contributed by atoms with Crippen molar-refractivity contribution in [2.45, 2.75) is 6.67 Å². The number of nitrogens with zero attached hydrogens (tertiary/aromatic N) is 1. The average Bonchev–Trinajstić information content (AvgIpc) is 2.74. The summed E-state index contributed by atoms with van der Waals surface area (Å²) in [5.41, 5.74) is 6.98. The molecule has 1 aromatic carbocycles. The number of anilines is 1. The number of aromatic nitrogens is 1. The number of alkyl halides is 1. The van der Waals surface area contributed by atoms with E-state index in [1.165, 1.54) is 13.2 Å². The predicted octanol–water partition coefficient (Wildman–Crippen LogP) is 2.40. The van der Waals surface area contributed by atoms with Gasteiger partial charge in [0.1, 0.15) is 18.1 Å². The summed E-state index contributed by atoms with van der Waals surface area (Å²) < 4.78 is 22.8. The smallest absolute Gasteiger partial charge is 0.222 e. The van der Waals surface area contributed by atoms with Crippen LogP contribution in [-0.4, -0.2) is 12.3 Å². The first-order valence-corrected chi connectivity index (χ1v) is 4.70. The highest BCUT2D eigenvalue weighted by Gasteiger charge is 2.14. The molecule has 2 rings (SSSR count). The lowest BCUT2D eigenvalue weighted by atomic mass is 10.0. The highest BCUT2D eigenvalue weighted by Crippen LogP contribution is 2.33. The van der Waals surface area contributed by atoms with Crippen LogP contribution >= 0.6 is 0 Å². The van der Waals surface area contributed by atoms with Crippen molar-refractivity contribution in [3.63, 3.8) is 0 Å². The van der Waals surface area contributed by atoms with E-state index in [1.807, 2.05) is 0 Å². The maximum Gasteiger partial charge on any atom is 0.222 e. The fourth-order valence-electron chi connectivity index (χ4n) is 1.56. The monoisotopic (exact) mass is 222 g/mol. The van der Waals surface area contributed by atoms with Gasteiger partial charge in [0.15, 0.2) is 0 Å².